The van der Waals surface area contributed by atoms with Gasteiger partial charge in [-0.3, -0.25) is 0 Å². The molecule has 0 fully saturated rings. The number of rotatable bonds is 7. The van der Waals surface area contributed by atoms with Crippen molar-refractivity contribution in [3.8, 4) is 5.75 Å². The Morgan fingerprint density at radius 2 is 1.89 bits per heavy atom. The molecule has 100 valence electrons. The summed E-state index contributed by atoms with van der Waals surface area (Å²) in [4.78, 5) is 0. The molecule has 1 N–H and O–H groups in total. The van der Waals surface area contributed by atoms with E-state index in [9.17, 15) is 0 Å². The summed E-state index contributed by atoms with van der Waals surface area (Å²) >= 11 is 5.73. The first-order valence-electron chi connectivity index (χ1n) is 6.28. The molecule has 1 rings (SSSR count). The van der Waals surface area contributed by atoms with Gasteiger partial charge in [-0.25, -0.2) is 0 Å². The van der Waals surface area contributed by atoms with Crippen molar-refractivity contribution < 1.29 is 4.74 Å². The smallest absolute Gasteiger partial charge is 0.119 e. The quantitative estimate of drug-likeness (QED) is 0.802. The normalized spacial score (nSPS) is 12.5. The Morgan fingerprint density at radius 1 is 1.28 bits per heavy atom. The number of hydrogen-bond acceptors (Lipinski definition) is 2. The van der Waals surface area contributed by atoms with Crippen molar-refractivity contribution in [3.63, 3.8) is 0 Å². The van der Waals surface area contributed by atoms with Crippen molar-refractivity contribution in [2.24, 2.45) is 5.92 Å². The Labute approximate surface area is 115 Å². The van der Waals surface area contributed by atoms with Gasteiger partial charge in [-0.05, 0) is 30.5 Å². The van der Waals surface area contributed by atoms with Crippen LogP contribution in [0.4, 0.5) is 0 Å². The summed E-state index contributed by atoms with van der Waals surface area (Å²) in [6.45, 7) is 11.4. The fourth-order valence-corrected chi connectivity index (χ4v) is 1.57. The van der Waals surface area contributed by atoms with Gasteiger partial charge in [-0.1, -0.05) is 44.2 Å². The van der Waals surface area contributed by atoms with E-state index in [1.165, 1.54) is 5.56 Å². The zero-order chi connectivity index (χ0) is 13.5. The van der Waals surface area contributed by atoms with E-state index in [0.29, 0.717) is 17.5 Å². The molecule has 1 aromatic rings. The molecule has 0 aliphatic rings. The number of ether oxygens (including phenoxy) is 1. The van der Waals surface area contributed by atoms with Crippen LogP contribution in [0.25, 0.3) is 0 Å². The van der Waals surface area contributed by atoms with Crippen LogP contribution in [0.5, 0.6) is 5.75 Å². The number of nitrogens with one attached hydrogen (secondary N) is 1. The highest BCUT2D eigenvalue weighted by Gasteiger charge is 2.05. The molecule has 0 spiro atoms. The molecule has 18 heavy (non-hydrogen) atoms. The monoisotopic (exact) mass is 267 g/mol. The molecular weight excluding hydrogens is 246 g/mol. The van der Waals surface area contributed by atoms with Crippen LogP contribution in [0.3, 0.4) is 0 Å². The maximum atomic E-state index is 5.73. The minimum atomic E-state index is 0.250. The first kappa shape index (κ1) is 15.1. The van der Waals surface area contributed by atoms with Crippen LogP contribution >= 0.6 is 11.6 Å². The zero-order valence-corrected chi connectivity index (χ0v) is 12.1. The van der Waals surface area contributed by atoms with Gasteiger partial charge in [0.05, 0.1) is 6.61 Å². The van der Waals surface area contributed by atoms with Crippen molar-refractivity contribution in [2.75, 3.05) is 13.2 Å². The van der Waals surface area contributed by atoms with Crippen molar-refractivity contribution in [1.82, 2.24) is 5.32 Å². The second kappa shape index (κ2) is 7.45. The predicted molar refractivity (Wildman–Crippen MR) is 78.2 cm³/mol. The third kappa shape index (κ3) is 5.56. The minimum absolute atomic E-state index is 0.250. The SMILES string of the molecule is C=C(Cl)CNC(C)c1ccc(OCC(C)C)cc1. The fourth-order valence-electron chi connectivity index (χ4n) is 1.50. The van der Waals surface area contributed by atoms with Crippen LogP contribution in [0.15, 0.2) is 35.9 Å². The van der Waals surface area contributed by atoms with Crippen molar-refractivity contribution in [2.45, 2.75) is 26.8 Å². The molecule has 0 heterocycles. The maximum absolute atomic E-state index is 5.73. The average molecular weight is 268 g/mol. The van der Waals surface area contributed by atoms with Gasteiger partial charge in [0.25, 0.3) is 0 Å². The molecule has 0 saturated heterocycles. The highest BCUT2D eigenvalue weighted by atomic mass is 35.5. The largest absolute Gasteiger partial charge is 0.493 e. The fraction of sp³-hybridized carbons (Fsp3) is 0.467. The van der Waals surface area contributed by atoms with E-state index in [1.807, 2.05) is 12.1 Å². The van der Waals surface area contributed by atoms with Crippen molar-refractivity contribution in [3.05, 3.63) is 41.4 Å². The van der Waals surface area contributed by atoms with Gasteiger partial charge < -0.3 is 10.1 Å². The van der Waals surface area contributed by atoms with Crippen LogP contribution in [0.1, 0.15) is 32.4 Å². The molecule has 3 heteroatoms. The predicted octanol–water partition coefficient (Wildman–Crippen LogP) is 4.12. The maximum Gasteiger partial charge on any atom is 0.119 e. The lowest BCUT2D eigenvalue weighted by atomic mass is 10.1. The Kier molecular flexibility index (Phi) is 6.23. The summed E-state index contributed by atoms with van der Waals surface area (Å²) < 4.78 is 5.64. The molecular formula is C15H22ClNO. The summed E-state index contributed by atoms with van der Waals surface area (Å²) in [5.41, 5.74) is 1.21. The second-order valence-corrected chi connectivity index (χ2v) is 5.43. The van der Waals surface area contributed by atoms with E-state index in [0.717, 1.165) is 12.4 Å². The molecule has 0 radical (unpaired) electrons. The third-order valence-corrected chi connectivity index (χ3v) is 2.70. The molecule has 0 aliphatic heterocycles. The van der Waals surface area contributed by atoms with Gasteiger partial charge in [-0.15, -0.1) is 0 Å². The molecule has 0 bridgehead atoms. The number of halogens is 1. The number of hydrogen-bond donors (Lipinski definition) is 1. The molecule has 1 unspecified atom stereocenters. The Balaban J connectivity index is 2.51. The van der Waals surface area contributed by atoms with E-state index < -0.39 is 0 Å². The van der Waals surface area contributed by atoms with Gasteiger partial charge >= 0.3 is 0 Å². The van der Waals surface area contributed by atoms with Crippen LogP contribution in [0, 0.1) is 5.92 Å². The summed E-state index contributed by atoms with van der Waals surface area (Å²) in [5, 5.41) is 3.92. The van der Waals surface area contributed by atoms with Crippen LogP contribution < -0.4 is 10.1 Å². The topological polar surface area (TPSA) is 21.3 Å². The average Bonchev–Trinajstić information content (AvgIpc) is 2.34. The van der Waals surface area contributed by atoms with Gasteiger partial charge in [0.2, 0.25) is 0 Å². The molecule has 1 aromatic carbocycles. The highest BCUT2D eigenvalue weighted by Crippen LogP contribution is 2.18. The first-order valence-corrected chi connectivity index (χ1v) is 6.66. The summed E-state index contributed by atoms with van der Waals surface area (Å²) in [6.07, 6.45) is 0. The molecule has 0 aromatic heterocycles. The summed E-state index contributed by atoms with van der Waals surface area (Å²) in [7, 11) is 0. The third-order valence-electron chi connectivity index (χ3n) is 2.56. The summed E-state index contributed by atoms with van der Waals surface area (Å²) in [5.74, 6) is 1.46. The van der Waals surface area contributed by atoms with Gasteiger partial charge in [0, 0.05) is 17.6 Å². The van der Waals surface area contributed by atoms with E-state index in [1.54, 1.807) is 0 Å². The van der Waals surface area contributed by atoms with Gasteiger partial charge in [0.15, 0.2) is 0 Å². The molecule has 1 atom stereocenters. The Morgan fingerprint density at radius 3 is 2.39 bits per heavy atom. The molecule has 0 aliphatic carbocycles. The van der Waals surface area contributed by atoms with Crippen LogP contribution in [-0.2, 0) is 0 Å². The first-order chi connectivity index (χ1) is 8.49. The highest BCUT2D eigenvalue weighted by molar-refractivity contribution is 6.29. The van der Waals surface area contributed by atoms with E-state index in [4.69, 9.17) is 16.3 Å². The van der Waals surface area contributed by atoms with Crippen molar-refractivity contribution >= 4 is 11.6 Å². The van der Waals surface area contributed by atoms with Crippen molar-refractivity contribution in [1.29, 1.82) is 0 Å². The lowest BCUT2D eigenvalue weighted by Crippen LogP contribution is -2.19. The summed E-state index contributed by atoms with van der Waals surface area (Å²) in [6, 6.07) is 8.41. The van der Waals surface area contributed by atoms with Crippen LogP contribution in [-0.4, -0.2) is 13.2 Å². The second-order valence-electron chi connectivity index (χ2n) is 4.89. The van der Waals surface area contributed by atoms with Gasteiger partial charge in [-0.2, -0.15) is 0 Å². The zero-order valence-electron chi connectivity index (χ0n) is 11.4. The number of benzene rings is 1. The van der Waals surface area contributed by atoms with Gasteiger partial charge in [0.1, 0.15) is 5.75 Å². The Bertz CT molecular complexity index is 373. The van der Waals surface area contributed by atoms with E-state index >= 15 is 0 Å². The lowest BCUT2D eigenvalue weighted by molar-refractivity contribution is 0.271. The van der Waals surface area contributed by atoms with Crippen LogP contribution in [0.2, 0.25) is 0 Å². The molecule has 2 nitrogen and oxygen atoms in total. The minimum Gasteiger partial charge on any atom is -0.493 e. The lowest BCUT2D eigenvalue weighted by Gasteiger charge is -2.15. The molecule has 0 saturated carbocycles. The molecule has 0 amide bonds. The van der Waals surface area contributed by atoms with E-state index in [-0.39, 0.29) is 6.04 Å². The standard InChI is InChI=1S/C15H22ClNO/c1-11(2)10-18-15-7-5-14(6-8-15)13(4)17-9-12(3)16/h5-8,11,13,17H,3,9-10H2,1-2,4H3. The van der Waals surface area contributed by atoms with E-state index in [2.05, 4.69) is 44.8 Å². The Hall–Kier alpha value is -0.990.